The summed E-state index contributed by atoms with van der Waals surface area (Å²) in [6, 6.07) is 0.0249. The average molecular weight is 270 g/mol. The number of hydrogen-bond acceptors (Lipinski definition) is 1. The predicted molar refractivity (Wildman–Crippen MR) is 54.9 cm³/mol. The zero-order chi connectivity index (χ0) is 8.85. The second-order valence-electron chi connectivity index (χ2n) is 2.24. The molecule has 0 saturated carbocycles. The first-order chi connectivity index (χ1) is 5.11. The normalized spacial score (nSPS) is 12.4. The van der Waals surface area contributed by atoms with E-state index in [0.29, 0.717) is 0 Å². The molecule has 11 heavy (non-hydrogen) atoms. The molecule has 0 fully saturated rings. The third-order valence-corrected chi connectivity index (χ3v) is 1.68. The summed E-state index contributed by atoms with van der Waals surface area (Å²) in [5.41, 5.74) is 0. The van der Waals surface area contributed by atoms with Gasteiger partial charge in [0.2, 0.25) is 0 Å². The fourth-order valence-electron chi connectivity index (χ4n) is 0.772. The third kappa shape index (κ3) is 4.44. The molecule has 0 bridgehead atoms. The minimum Gasteiger partial charge on any atom is -0.327 e. The maximum absolute atomic E-state index is 11.2. The van der Waals surface area contributed by atoms with Gasteiger partial charge < -0.3 is 10.2 Å². The van der Waals surface area contributed by atoms with Crippen molar-refractivity contribution in [2.75, 3.05) is 13.1 Å². The van der Waals surface area contributed by atoms with E-state index in [9.17, 15) is 4.79 Å². The largest absolute Gasteiger partial charge is 0.327 e. The van der Waals surface area contributed by atoms with E-state index in [1.807, 2.05) is 20.8 Å². The van der Waals surface area contributed by atoms with Crippen LogP contribution in [-0.2, 0) is 0 Å². The first-order valence-electron chi connectivity index (χ1n) is 3.81. The van der Waals surface area contributed by atoms with E-state index in [-0.39, 0.29) is 10.1 Å². The molecular formula is C7H15IN2O. The van der Waals surface area contributed by atoms with Crippen molar-refractivity contribution in [3.63, 3.8) is 0 Å². The van der Waals surface area contributed by atoms with Crippen molar-refractivity contribution in [2.24, 2.45) is 0 Å². The number of alkyl halides is 1. The number of urea groups is 1. The van der Waals surface area contributed by atoms with Gasteiger partial charge in [-0.1, -0.05) is 22.6 Å². The minimum atomic E-state index is 0.0249. The first kappa shape index (κ1) is 11.0. The molecule has 0 rings (SSSR count). The highest BCUT2D eigenvalue weighted by Crippen LogP contribution is 1.95. The lowest BCUT2D eigenvalue weighted by Gasteiger charge is -2.20. The van der Waals surface area contributed by atoms with Crippen molar-refractivity contribution in [1.29, 1.82) is 0 Å². The summed E-state index contributed by atoms with van der Waals surface area (Å²) in [4.78, 5) is 13.0. The van der Waals surface area contributed by atoms with Gasteiger partial charge in [-0.15, -0.1) is 0 Å². The number of rotatable bonds is 3. The Morgan fingerprint density at radius 3 is 2.27 bits per heavy atom. The lowest BCUT2D eigenvalue weighted by molar-refractivity contribution is 0.203. The van der Waals surface area contributed by atoms with Crippen LogP contribution in [0.3, 0.4) is 0 Å². The van der Waals surface area contributed by atoms with Crippen LogP contribution in [0.4, 0.5) is 4.79 Å². The van der Waals surface area contributed by atoms with Crippen LogP contribution >= 0.6 is 22.6 Å². The highest BCUT2D eigenvalue weighted by Gasteiger charge is 2.09. The second kappa shape index (κ2) is 5.62. The van der Waals surface area contributed by atoms with E-state index in [4.69, 9.17) is 0 Å². The molecule has 0 aromatic heterocycles. The fourth-order valence-corrected chi connectivity index (χ4v) is 1.04. The second-order valence-corrected chi connectivity index (χ2v) is 4.11. The Bertz CT molecular complexity index is 124. The molecule has 0 aliphatic carbocycles. The molecule has 4 heteroatoms. The molecule has 0 radical (unpaired) electrons. The number of amides is 2. The van der Waals surface area contributed by atoms with Crippen LogP contribution in [0.1, 0.15) is 20.8 Å². The topological polar surface area (TPSA) is 32.3 Å². The molecule has 1 unspecified atom stereocenters. The van der Waals surface area contributed by atoms with Crippen molar-refractivity contribution < 1.29 is 4.79 Å². The average Bonchev–Trinajstić information content (AvgIpc) is 1.88. The van der Waals surface area contributed by atoms with Gasteiger partial charge >= 0.3 is 6.03 Å². The van der Waals surface area contributed by atoms with E-state index in [0.717, 1.165) is 13.1 Å². The van der Waals surface area contributed by atoms with Crippen LogP contribution in [0.15, 0.2) is 0 Å². The van der Waals surface area contributed by atoms with E-state index in [1.165, 1.54) is 0 Å². The molecular weight excluding hydrogens is 255 g/mol. The molecule has 0 spiro atoms. The number of hydrogen-bond donors (Lipinski definition) is 1. The van der Waals surface area contributed by atoms with Gasteiger partial charge in [0, 0.05) is 13.1 Å². The van der Waals surface area contributed by atoms with E-state index >= 15 is 0 Å². The van der Waals surface area contributed by atoms with Crippen molar-refractivity contribution in [2.45, 2.75) is 24.8 Å². The molecule has 0 aliphatic heterocycles. The van der Waals surface area contributed by atoms with E-state index in [2.05, 4.69) is 27.9 Å². The van der Waals surface area contributed by atoms with Crippen LogP contribution in [0, 0.1) is 0 Å². The van der Waals surface area contributed by atoms with Crippen molar-refractivity contribution in [3.05, 3.63) is 0 Å². The molecule has 3 nitrogen and oxygen atoms in total. The maximum Gasteiger partial charge on any atom is 0.318 e. The highest BCUT2D eigenvalue weighted by molar-refractivity contribution is 14.1. The SMILES string of the molecule is CCN(CC)C(=O)NC(C)I. The van der Waals surface area contributed by atoms with Crippen LogP contribution in [0.25, 0.3) is 0 Å². The lowest BCUT2D eigenvalue weighted by atomic mass is 10.5. The summed E-state index contributed by atoms with van der Waals surface area (Å²) in [6.45, 7) is 7.43. The van der Waals surface area contributed by atoms with Gasteiger partial charge in [0.25, 0.3) is 0 Å². The summed E-state index contributed by atoms with van der Waals surface area (Å²) in [7, 11) is 0. The number of carbonyl (C=O) groups excluding carboxylic acids is 1. The summed E-state index contributed by atoms with van der Waals surface area (Å²) in [6.07, 6.45) is 0. The number of nitrogens with zero attached hydrogens (tertiary/aromatic N) is 1. The zero-order valence-electron chi connectivity index (χ0n) is 7.22. The van der Waals surface area contributed by atoms with Gasteiger partial charge in [0.1, 0.15) is 0 Å². The molecule has 1 N–H and O–H groups in total. The highest BCUT2D eigenvalue weighted by atomic mass is 127. The molecule has 2 amide bonds. The predicted octanol–water partition coefficient (Wildman–Crippen LogP) is 1.82. The summed E-state index contributed by atoms with van der Waals surface area (Å²) < 4.78 is 0.195. The third-order valence-electron chi connectivity index (χ3n) is 1.37. The Morgan fingerprint density at radius 1 is 1.55 bits per heavy atom. The monoisotopic (exact) mass is 270 g/mol. The molecule has 0 aliphatic rings. The van der Waals surface area contributed by atoms with Crippen LogP contribution in [-0.4, -0.2) is 28.1 Å². The number of halogens is 1. The van der Waals surface area contributed by atoms with Crippen molar-refractivity contribution in [1.82, 2.24) is 10.2 Å². The van der Waals surface area contributed by atoms with Gasteiger partial charge in [-0.2, -0.15) is 0 Å². The summed E-state index contributed by atoms with van der Waals surface area (Å²) in [5.74, 6) is 0. The van der Waals surface area contributed by atoms with Gasteiger partial charge in [-0.05, 0) is 20.8 Å². The molecule has 0 aromatic carbocycles. The van der Waals surface area contributed by atoms with Gasteiger partial charge in [0.05, 0.1) is 4.05 Å². The Balaban J connectivity index is 3.79. The van der Waals surface area contributed by atoms with Gasteiger partial charge in [-0.3, -0.25) is 0 Å². The quantitative estimate of drug-likeness (QED) is 0.473. The van der Waals surface area contributed by atoms with Crippen LogP contribution in [0.2, 0.25) is 0 Å². The van der Waals surface area contributed by atoms with Crippen molar-refractivity contribution >= 4 is 28.6 Å². The van der Waals surface area contributed by atoms with Gasteiger partial charge in [-0.25, -0.2) is 4.79 Å². The zero-order valence-corrected chi connectivity index (χ0v) is 9.38. The molecule has 0 aromatic rings. The van der Waals surface area contributed by atoms with E-state index in [1.54, 1.807) is 4.90 Å². The lowest BCUT2D eigenvalue weighted by Crippen LogP contribution is -2.41. The Kier molecular flexibility index (Phi) is 5.62. The smallest absolute Gasteiger partial charge is 0.318 e. The molecule has 0 heterocycles. The number of carbonyl (C=O) groups is 1. The fraction of sp³-hybridized carbons (Fsp3) is 0.857. The summed E-state index contributed by atoms with van der Waals surface area (Å²) in [5, 5.41) is 2.82. The standard InChI is InChI=1S/C7H15IN2O/c1-4-10(5-2)7(11)9-6(3)8/h6H,4-5H2,1-3H3,(H,9,11). The molecule has 0 saturated heterocycles. The Hall–Kier alpha value is 0. The van der Waals surface area contributed by atoms with Crippen LogP contribution < -0.4 is 5.32 Å². The first-order valence-corrected chi connectivity index (χ1v) is 5.05. The number of nitrogens with one attached hydrogen (secondary N) is 1. The maximum atomic E-state index is 11.2. The van der Waals surface area contributed by atoms with Gasteiger partial charge in [0.15, 0.2) is 0 Å². The minimum absolute atomic E-state index is 0.0249. The van der Waals surface area contributed by atoms with Crippen molar-refractivity contribution in [3.8, 4) is 0 Å². The van der Waals surface area contributed by atoms with E-state index < -0.39 is 0 Å². The summed E-state index contributed by atoms with van der Waals surface area (Å²) >= 11 is 2.17. The Morgan fingerprint density at radius 2 is 2.00 bits per heavy atom. The molecule has 66 valence electrons. The Labute approximate surface area is 81.7 Å². The van der Waals surface area contributed by atoms with Crippen LogP contribution in [0.5, 0.6) is 0 Å². The molecule has 1 atom stereocenters.